The molecule has 1 unspecified atom stereocenters. The molecule has 2 rings (SSSR count). The highest BCUT2D eigenvalue weighted by atomic mass is 16.6. The molecule has 0 aliphatic carbocycles. The number of carbonyl (C=O) groups excluding carboxylic acids is 1. The van der Waals surface area contributed by atoms with Crippen LogP contribution in [0.25, 0.3) is 0 Å². The number of hydrogen-bond acceptors (Lipinski definition) is 4. The van der Waals surface area contributed by atoms with Gasteiger partial charge in [-0.2, -0.15) is 0 Å². The third-order valence-electron chi connectivity index (χ3n) is 4.23. The average molecular weight is 342 g/mol. The summed E-state index contributed by atoms with van der Waals surface area (Å²) in [7, 11) is 1.60. The van der Waals surface area contributed by atoms with E-state index in [1.165, 1.54) is 6.07 Å². The van der Waals surface area contributed by atoms with E-state index in [1.54, 1.807) is 30.2 Å². The first-order chi connectivity index (χ1) is 12.0. The van der Waals surface area contributed by atoms with Gasteiger partial charge in [-0.3, -0.25) is 14.9 Å². The monoisotopic (exact) mass is 342 g/mol. The summed E-state index contributed by atoms with van der Waals surface area (Å²) in [5.41, 5.74) is 1.35. The van der Waals surface area contributed by atoms with E-state index >= 15 is 0 Å². The van der Waals surface area contributed by atoms with E-state index in [0.717, 1.165) is 11.3 Å². The fourth-order valence-corrected chi connectivity index (χ4v) is 2.85. The molecule has 6 nitrogen and oxygen atoms in total. The molecule has 0 saturated heterocycles. The maximum absolute atomic E-state index is 12.8. The van der Waals surface area contributed by atoms with Crippen molar-refractivity contribution in [1.82, 2.24) is 4.90 Å². The smallest absolute Gasteiger partial charge is 0.273 e. The maximum Gasteiger partial charge on any atom is 0.273 e. The lowest BCUT2D eigenvalue weighted by Crippen LogP contribution is -2.34. The van der Waals surface area contributed by atoms with Gasteiger partial charge in [-0.15, -0.1) is 0 Å². The molecule has 0 radical (unpaired) electrons. The number of ether oxygens (including phenoxy) is 1. The molecule has 1 amide bonds. The molecule has 0 heterocycles. The summed E-state index contributed by atoms with van der Waals surface area (Å²) in [5, 5.41) is 11.1. The van der Waals surface area contributed by atoms with Crippen LogP contribution in [0.5, 0.6) is 5.75 Å². The zero-order chi connectivity index (χ0) is 18.4. The Bertz CT molecular complexity index is 761. The summed E-state index contributed by atoms with van der Waals surface area (Å²) >= 11 is 0. The van der Waals surface area contributed by atoms with Crippen LogP contribution >= 0.6 is 0 Å². The quantitative estimate of drug-likeness (QED) is 0.567. The summed E-state index contributed by atoms with van der Waals surface area (Å²) in [5.74, 6) is 0.582. The second-order valence-corrected chi connectivity index (χ2v) is 5.69. The van der Waals surface area contributed by atoms with Crippen LogP contribution in [-0.2, 0) is 11.2 Å². The van der Waals surface area contributed by atoms with Crippen molar-refractivity contribution in [2.45, 2.75) is 26.3 Å². The van der Waals surface area contributed by atoms with Crippen molar-refractivity contribution in [1.29, 1.82) is 0 Å². The fourth-order valence-electron chi connectivity index (χ4n) is 2.85. The van der Waals surface area contributed by atoms with Crippen molar-refractivity contribution < 1.29 is 14.5 Å². The number of nitrogens with zero attached hydrogens (tertiary/aromatic N) is 2. The van der Waals surface area contributed by atoms with Gasteiger partial charge in [0.15, 0.2) is 0 Å². The van der Waals surface area contributed by atoms with Crippen molar-refractivity contribution in [2.24, 2.45) is 0 Å². The van der Waals surface area contributed by atoms with Crippen molar-refractivity contribution in [3.63, 3.8) is 0 Å². The van der Waals surface area contributed by atoms with E-state index in [1.807, 2.05) is 38.1 Å². The van der Waals surface area contributed by atoms with E-state index in [9.17, 15) is 14.9 Å². The van der Waals surface area contributed by atoms with Gasteiger partial charge in [-0.05, 0) is 31.5 Å². The number of amides is 1. The number of para-hydroxylation sites is 1. The summed E-state index contributed by atoms with van der Waals surface area (Å²) in [6, 6.07) is 13.8. The van der Waals surface area contributed by atoms with Crippen molar-refractivity contribution in [3.8, 4) is 5.75 Å². The topological polar surface area (TPSA) is 72.7 Å². The fraction of sp³-hybridized carbons (Fsp3) is 0.316. The molecule has 0 aromatic heterocycles. The molecule has 132 valence electrons. The summed E-state index contributed by atoms with van der Waals surface area (Å²) in [6.07, 6.45) is -0.000693. The van der Waals surface area contributed by atoms with Gasteiger partial charge >= 0.3 is 0 Å². The Balaban J connectivity index is 2.22. The minimum Gasteiger partial charge on any atom is -0.497 e. The Morgan fingerprint density at radius 3 is 2.60 bits per heavy atom. The third kappa shape index (κ3) is 4.35. The minimum atomic E-state index is -0.454. The van der Waals surface area contributed by atoms with Crippen LogP contribution < -0.4 is 4.74 Å². The molecular weight excluding hydrogens is 320 g/mol. The lowest BCUT2D eigenvalue weighted by Gasteiger charge is -2.28. The van der Waals surface area contributed by atoms with Crippen LogP contribution in [0.15, 0.2) is 48.5 Å². The number of rotatable bonds is 7. The first-order valence-corrected chi connectivity index (χ1v) is 8.13. The first kappa shape index (κ1) is 18.4. The van der Waals surface area contributed by atoms with E-state index in [2.05, 4.69) is 0 Å². The number of carbonyl (C=O) groups is 1. The van der Waals surface area contributed by atoms with Crippen LogP contribution in [0, 0.1) is 10.1 Å². The van der Waals surface area contributed by atoms with Gasteiger partial charge in [0.2, 0.25) is 5.91 Å². The molecule has 2 aromatic carbocycles. The SMILES string of the molecule is CCN(C(=O)Cc1ccccc1[N+](=O)[O-])C(C)c1cccc(OC)c1. The molecule has 25 heavy (non-hydrogen) atoms. The molecule has 1 atom stereocenters. The number of nitro benzene ring substituents is 1. The normalized spacial score (nSPS) is 11.6. The Morgan fingerprint density at radius 1 is 1.24 bits per heavy atom. The molecule has 0 aliphatic rings. The van der Waals surface area contributed by atoms with Gasteiger partial charge in [-0.25, -0.2) is 0 Å². The lowest BCUT2D eigenvalue weighted by atomic mass is 10.0. The van der Waals surface area contributed by atoms with Crippen LogP contribution in [0.1, 0.15) is 31.0 Å². The summed E-state index contributed by atoms with van der Waals surface area (Å²) in [4.78, 5) is 25.2. The van der Waals surface area contributed by atoms with Crippen LogP contribution in [0.3, 0.4) is 0 Å². The molecular formula is C19H22N2O4. The van der Waals surface area contributed by atoms with Gasteiger partial charge in [-0.1, -0.05) is 30.3 Å². The average Bonchev–Trinajstić information content (AvgIpc) is 2.62. The Hall–Kier alpha value is -2.89. The minimum absolute atomic E-state index is 0.000693. The second-order valence-electron chi connectivity index (χ2n) is 5.69. The molecule has 0 spiro atoms. The van der Waals surface area contributed by atoms with Gasteiger partial charge < -0.3 is 9.64 Å². The molecule has 0 saturated carbocycles. The van der Waals surface area contributed by atoms with E-state index < -0.39 is 4.92 Å². The highest BCUT2D eigenvalue weighted by Gasteiger charge is 2.23. The molecule has 0 bridgehead atoms. The predicted octanol–water partition coefficient (Wildman–Crippen LogP) is 3.76. The van der Waals surface area contributed by atoms with Crippen molar-refractivity contribution >= 4 is 11.6 Å². The van der Waals surface area contributed by atoms with Crippen LogP contribution in [0.4, 0.5) is 5.69 Å². The molecule has 0 fully saturated rings. The van der Waals surface area contributed by atoms with Crippen LogP contribution in [0.2, 0.25) is 0 Å². The molecule has 0 aliphatic heterocycles. The number of hydrogen-bond donors (Lipinski definition) is 0. The zero-order valence-corrected chi connectivity index (χ0v) is 14.6. The maximum atomic E-state index is 12.8. The van der Waals surface area contributed by atoms with Gasteiger partial charge in [0.05, 0.1) is 24.5 Å². The number of likely N-dealkylation sites (N-methyl/N-ethyl adjacent to an activating group) is 1. The van der Waals surface area contributed by atoms with Gasteiger partial charge in [0.25, 0.3) is 5.69 Å². The first-order valence-electron chi connectivity index (χ1n) is 8.13. The highest BCUT2D eigenvalue weighted by Crippen LogP contribution is 2.26. The molecule has 6 heteroatoms. The Morgan fingerprint density at radius 2 is 1.96 bits per heavy atom. The summed E-state index contributed by atoms with van der Waals surface area (Å²) in [6.45, 7) is 4.35. The molecule has 2 aromatic rings. The standard InChI is InChI=1S/C19H22N2O4/c1-4-20(14(2)15-9-7-10-17(12-15)25-3)19(22)13-16-8-5-6-11-18(16)21(23)24/h5-12,14H,4,13H2,1-3H3. The number of nitro groups is 1. The largest absolute Gasteiger partial charge is 0.497 e. The third-order valence-corrected chi connectivity index (χ3v) is 4.23. The van der Waals surface area contributed by atoms with E-state index in [4.69, 9.17) is 4.74 Å². The van der Waals surface area contributed by atoms with Crippen molar-refractivity contribution in [2.75, 3.05) is 13.7 Å². The highest BCUT2D eigenvalue weighted by molar-refractivity contribution is 5.80. The van der Waals surface area contributed by atoms with Gasteiger partial charge in [0.1, 0.15) is 5.75 Å². The second kappa shape index (κ2) is 8.28. The lowest BCUT2D eigenvalue weighted by molar-refractivity contribution is -0.385. The van der Waals surface area contributed by atoms with Gasteiger partial charge in [0, 0.05) is 18.2 Å². The Kier molecular flexibility index (Phi) is 6.11. The summed E-state index contributed by atoms with van der Waals surface area (Å²) < 4.78 is 5.24. The predicted molar refractivity (Wildman–Crippen MR) is 95.6 cm³/mol. The van der Waals surface area contributed by atoms with E-state index in [0.29, 0.717) is 12.1 Å². The van der Waals surface area contributed by atoms with Crippen molar-refractivity contribution in [3.05, 3.63) is 69.8 Å². The van der Waals surface area contributed by atoms with Crippen LogP contribution in [-0.4, -0.2) is 29.4 Å². The number of benzene rings is 2. The molecule has 0 N–H and O–H groups in total. The number of methoxy groups -OCH3 is 1. The zero-order valence-electron chi connectivity index (χ0n) is 14.6. The van der Waals surface area contributed by atoms with E-state index in [-0.39, 0.29) is 24.1 Å². The Labute approximate surface area is 147 Å².